The third-order valence-electron chi connectivity index (χ3n) is 2.96. The Morgan fingerprint density at radius 1 is 1.32 bits per heavy atom. The van der Waals surface area contributed by atoms with Crippen LogP contribution in [0.15, 0.2) is 36.5 Å². The van der Waals surface area contributed by atoms with Gasteiger partial charge in [0.1, 0.15) is 12.3 Å². The second kappa shape index (κ2) is 4.68. The fourth-order valence-electron chi connectivity index (χ4n) is 1.93. The van der Waals surface area contributed by atoms with Gasteiger partial charge in [-0.15, -0.1) is 0 Å². The lowest BCUT2D eigenvalue weighted by atomic mass is 10.2. The summed E-state index contributed by atoms with van der Waals surface area (Å²) in [4.78, 5) is 11.8. The molecule has 0 aliphatic carbocycles. The van der Waals surface area contributed by atoms with Gasteiger partial charge in [-0.25, -0.2) is 4.79 Å². The molecule has 0 atom stereocenters. The summed E-state index contributed by atoms with van der Waals surface area (Å²) in [5.74, 6) is 1.06. The van der Waals surface area contributed by atoms with Crippen molar-refractivity contribution in [3.63, 3.8) is 0 Å². The fraction of sp³-hybridized carbons (Fsp3) is 0.214. The van der Waals surface area contributed by atoms with Gasteiger partial charge in [-0.3, -0.25) is 0 Å². The van der Waals surface area contributed by atoms with Gasteiger partial charge < -0.3 is 18.8 Å². The van der Waals surface area contributed by atoms with Crippen molar-refractivity contribution in [2.24, 2.45) is 7.05 Å². The number of ether oxygens (including phenoxy) is 3. The number of carbonyl (C=O) groups excluding carboxylic acids is 1. The molecule has 98 valence electrons. The van der Waals surface area contributed by atoms with Gasteiger partial charge in [0.15, 0.2) is 11.5 Å². The van der Waals surface area contributed by atoms with Crippen molar-refractivity contribution in [1.82, 2.24) is 4.57 Å². The summed E-state index contributed by atoms with van der Waals surface area (Å²) in [5, 5.41) is 0. The molecule has 0 radical (unpaired) electrons. The molecule has 0 spiro atoms. The highest BCUT2D eigenvalue weighted by molar-refractivity contribution is 5.87. The molecule has 1 aliphatic rings. The van der Waals surface area contributed by atoms with Crippen molar-refractivity contribution in [1.29, 1.82) is 0 Å². The van der Waals surface area contributed by atoms with Crippen LogP contribution in [0.2, 0.25) is 0 Å². The summed E-state index contributed by atoms with van der Waals surface area (Å²) in [6.07, 6.45) is 1.80. The van der Waals surface area contributed by atoms with E-state index >= 15 is 0 Å². The van der Waals surface area contributed by atoms with Gasteiger partial charge in [0.25, 0.3) is 0 Å². The van der Waals surface area contributed by atoms with Crippen molar-refractivity contribution in [2.75, 3.05) is 6.79 Å². The molecule has 0 unspecified atom stereocenters. The Morgan fingerprint density at radius 3 is 2.95 bits per heavy atom. The Morgan fingerprint density at radius 2 is 2.16 bits per heavy atom. The molecule has 1 aromatic heterocycles. The van der Waals surface area contributed by atoms with Crippen LogP contribution < -0.4 is 9.47 Å². The minimum absolute atomic E-state index is 0.209. The van der Waals surface area contributed by atoms with E-state index in [9.17, 15) is 4.79 Å². The van der Waals surface area contributed by atoms with Gasteiger partial charge in [0, 0.05) is 13.2 Å². The summed E-state index contributed by atoms with van der Waals surface area (Å²) in [7, 11) is 1.80. The zero-order valence-electron chi connectivity index (χ0n) is 10.5. The number of rotatable bonds is 3. The number of fused-ring (bicyclic) bond motifs is 1. The van der Waals surface area contributed by atoms with Gasteiger partial charge in [0.2, 0.25) is 6.79 Å². The topological polar surface area (TPSA) is 49.7 Å². The maximum Gasteiger partial charge on any atom is 0.355 e. The zero-order valence-corrected chi connectivity index (χ0v) is 10.5. The number of aryl methyl sites for hydroxylation is 1. The molecule has 1 aromatic carbocycles. The zero-order chi connectivity index (χ0) is 13.2. The highest BCUT2D eigenvalue weighted by Crippen LogP contribution is 2.32. The Balaban J connectivity index is 1.66. The van der Waals surface area contributed by atoms with Crippen LogP contribution in [-0.2, 0) is 18.4 Å². The molecule has 0 N–H and O–H groups in total. The summed E-state index contributed by atoms with van der Waals surface area (Å²) in [6, 6.07) is 9.01. The highest BCUT2D eigenvalue weighted by atomic mass is 16.7. The van der Waals surface area contributed by atoms with Gasteiger partial charge in [0.05, 0.1) is 0 Å². The number of carbonyl (C=O) groups is 1. The molecule has 0 saturated heterocycles. The van der Waals surface area contributed by atoms with Crippen LogP contribution in [0.1, 0.15) is 16.1 Å². The average Bonchev–Trinajstić information content (AvgIpc) is 3.03. The summed E-state index contributed by atoms with van der Waals surface area (Å²) >= 11 is 0. The van der Waals surface area contributed by atoms with Gasteiger partial charge in [-0.05, 0) is 29.8 Å². The van der Waals surface area contributed by atoms with Gasteiger partial charge >= 0.3 is 5.97 Å². The largest absolute Gasteiger partial charge is 0.456 e. The van der Waals surface area contributed by atoms with Crippen LogP contribution >= 0.6 is 0 Å². The van der Waals surface area contributed by atoms with E-state index in [1.807, 2.05) is 18.2 Å². The minimum Gasteiger partial charge on any atom is -0.456 e. The van der Waals surface area contributed by atoms with Crippen LogP contribution in [0.25, 0.3) is 0 Å². The Kier molecular flexibility index (Phi) is 2.87. The first-order valence-corrected chi connectivity index (χ1v) is 5.91. The normalized spacial score (nSPS) is 12.5. The van der Waals surface area contributed by atoms with Crippen molar-refractivity contribution >= 4 is 5.97 Å². The van der Waals surface area contributed by atoms with Gasteiger partial charge in [-0.2, -0.15) is 0 Å². The molecule has 0 fully saturated rings. The molecule has 0 bridgehead atoms. The number of hydrogen-bond acceptors (Lipinski definition) is 4. The molecule has 2 heterocycles. The lowest BCUT2D eigenvalue weighted by molar-refractivity contribution is 0.0461. The number of aromatic nitrogens is 1. The first-order valence-electron chi connectivity index (χ1n) is 5.91. The van der Waals surface area contributed by atoms with Crippen molar-refractivity contribution in [2.45, 2.75) is 6.61 Å². The summed E-state index contributed by atoms with van der Waals surface area (Å²) < 4.78 is 17.5. The lowest BCUT2D eigenvalue weighted by Crippen LogP contribution is -2.09. The molecule has 1 aliphatic heterocycles. The fourth-order valence-corrected chi connectivity index (χ4v) is 1.93. The maximum absolute atomic E-state index is 11.8. The molecule has 19 heavy (non-hydrogen) atoms. The molecule has 5 nitrogen and oxygen atoms in total. The Labute approximate surface area is 110 Å². The van der Waals surface area contributed by atoms with Crippen LogP contribution in [0.3, 0.4) is 0 Å². The second-order valence-corrected chi connectivity index (χ2v) is 4.27. The number of nitrogens with zero attached hydrogens (tertiary/aromatic N) is 1. The van der Waals surface area contributed by atoms with E-state index in [-0.39, 0.29) is 19.4 Å². The number of benzene rings is 1. The van der Waals surface area contributed by atoms with E-state index in [0.29, 0.717) is 11.4 Å². The predicted molar refractivity (Wildman–Crippen MR) is 67.1 cm³/mol. The van der Waals surface area contributed by atoms with Crippen LogP contribution in [0.5, 0.6) is 11.5 Å². The third-order valence-corrected chi connectivity index (χ3v) is 2.96. The van der Waals surface area contributed by atoms with E-state index in [4.69, 9.17) is 14.2 Å². The van der Waals surface area contributed by atoms with Crippen LogP contribution in [0, 0.1) is 0 Å². The van der Waals surface area contributed by atoms with E-state index in [1.54, 1.807) is 29.9 Å². The standard InChI is InChI=1S/C14H13NO4/c1-15-6-2-3-11(15)14(16)17-8-10-4-5-12-13(7-10)19-9-18-12/h2-7H,8-9H2,1H3. The second-order valence-electron chi connectivity index (χ2n) is 4.27. The number of esters is 1. The highest BCUT2D eigenvalue weighted by Gasteiger charge is 2.15. The van der Waals surface area contributed by atoms with Crippen molar-refractivity contribution in [3.8, 4) is 11.5 Å². The quantitative estimate of drug-likeness (QED) is 0.792. The molecule has 5 heteroatoms. The number of hydrogen-bond donors (Lipinski definition) is 0. The molecular weight excluding hydrogens is 246 g/mol. The lowest BCUT2D eigenvalue weighted by Gasteiger charge is -2.06. The molecular formula is C14H13NO4. The molecule has 0 saturated carbocycles. The monoisotopic (exact) mass is 259 g/mol. The molecule has 0 amide bonds. The van der Waals surface area contributed by atoms with Crippen LogP contribution in [-0.4, -0.2) is 17.3 Å². The first-order chi connectivity index (χ1) is 9.24. The Bertz CT molecular complexity index is 618. The first kappa shape index (κ1) is 11.6. The average molecular weight is 259 g/mol. The summed E-state index contributed by atoms with van der Waals surface area (Å²) in [5.41, 5.74) is 1.40. The van der Waals surface area contributed by atoms with E-state index < -0.39 is 0 Å². The van der Waals surface area contributed by atoms with Gasteiger partial charge in [-0.1, -0.05) is 6.07 Å². The molecule has 2 aromatic rings. The molecule has 3 rings (SSSR count). The minimum atomic E-state index is -0.342. The SMILES string of the molecule is Cn1cccc1C(=O)OCc1ccc2c(c1)OCO2. The van der Waals surface area contributed by atoms with E-state index in [2.05, 4.69) is 0 Å². The third kappa shape index (κ3) is 2.27. The van der Waals surface area contributed by atoms with E-state index in [1.165, 1.54) is 0 Å². The smallest absolute Gasteiger partial charge is 0.355 e. The predicted octanol–water partition coefficient (Wildman–Crippen LogP) is 2.11. The van der Waals surface area contributed by atoms with Crippen LogP contribution in [0.4, 0.5) is 0 Å². The van der Waals surface area contributed by atoms with Crippen molar-refractivity contribution in [3.05, 3.63) is 47.8 Å². The maximum atomic E-state index is 11.8. The Hall–Kier alpha value is -2.43. The van der Waals surface area contributed by atoms with Crippen molar-refractivity contribution < 1.29 is 19.0 Å². The van der Waals surface area contributed by atoms with E-state index in [0.717, 1.165) is 11.3 Å². The summed E-state index contributed by atoms with van der Waals surface area (Å²) in [6.45, 7) is 0.447.